The molecule has 3 nitrogen and oxygen atoms in total. The van der Waals surface area contributed by atoms with E-state index in [1.807, 2.05) is 13.8 Å². The van der Waals surface area contributed by atoms with Gasteiger partial charge in [0.1, 0.15) is 6.23 Å². The third-order valence-corrected chi connectivity index (χ3v) is 1.88. The van der Waals surface area contributed by atoms with Crippen molar-refractivity contribution in [3.63, 3.8) is 0 Å². The van der Waals surface area contributed by atoms with Gasteiger partial charge in [-0.25, -0.2) is 0 Å². The molecule has 0 aromatic carbocycles. The molecule has 1 fully saturated rings. The van der Waals surface area contributed by atoms with Crippen molar-refractivity contribution in [2.24, 2.45) is 0 Å². The molecule has 0 spiro atoms. The van der Waals surface area contributed by atoms with E-state index in [9.17, 15) is 5.21 Å². The van der Waals surface area contributed by atoms with Crippen LogP contribution in [0.2, 0.25) is 0 Å². The summed E-state index contributed by atoms with van der Waals surface area (Å²) in [6, 6.07) is 0. The van der Waals surface area contributed by atoms with Crippen LogP contribution in [0.3, 0.4) is 0 Å². The van der Waals surface area contributed by atoms with Crippen molar-refractivity contribution in [1.29, 1.82) is 0 Å². The molecule has 1 heterocycles. The van der Waals surface area contributed by atoms with Gasteiger partial charge in [-0.15, -0.1) is 10.3 Å². The lowest BCUT2D eigenvalue weighted by Gasteiger charge is -2.23. The Morgan fingerprint density at radius 3 is 2.33 bits per heavy atom. The molecule has 0 aliphatic carbocycles. The highest BCUT2D eigenvalue weighted by Crippen LogP contribution is 2.29. The topological polar surface area (TPSA) is 43.4 Å². The van der Waals surface area contributed by atoms with E-state index in [-0.39, 0.29) is 5.54 Å². The van der Waals surface area contributed by atoms with E-state index in [0.717, 1.165) is 11.5 Å². The second-order valence-electron chi connectivity index (χ2n) is 3.16. The molecule has 1 unspecified atom stereocenters. The van der Waals surface area contributed by atoms with E-state index < -0.39 is 6.23 Å². The second kappa shape index (κ2) is 1.94. The van der Waals surface area contributed by atoms with Gasteiger partial charge in [0.15, 0.2) is 0 Å². The number of nitrogens with zero attached hydrogens (tertiary/aromatic N) is 1. The smallest absolute Gasteiger partial charge is 0.133 e. The summed E-state index contributed by atoms with van der Waals surface area (Å²) in [4.78, 5) is 0. The zero-order valence-electron chi connectivity index (χ0n) is 5.79. The molecule has 1 atom stereocenters. The molecule has 53 valence electrons. The van der Waals surface area contributed by atoms with Crippen LogP contribution >= 0.6 is 0 Å². The fourth-order valence-corrected chi connectivity index (χ4v) is 1.11. The number of aliphatic hydroxyl groups is 1. The van der Waals surface area contributed by atoms with E-state index in [1.54, 1.807) is 0 Å². The van der Waals surface area contributed by atoms with Crippen LogP contribution in [-0.2, 0) is 5.21 Å². The summed E-state index contributed by atoms with van der Waals surface area (Å²) in [5, 5.41) is 20.6. The van der Waals surface area contributed by atoms with Gasteiger partial charge < -0.3 is 5.11 Å². The van der Waals surface area contributed by atoms with Crippen LogP contribution in [0.1, 0.15) is 26.7 Å². The summed E-state index contributed by atoms with van der Waals surface area (Å²) < 4.78 is 0. The second-order valence-corrected chi connectivity index (χ2v) is 3.16. The molecule has 1 aliphatic rings. The maximum atomic E-state index is 10.9. The minimum Gasteiger partial charge on any atom is -0.376 e. The van der Waals surface area contributed by atoms with Gasteiger partial charge in [0, 0.05) is 5.54 Å². The van der Waals surface area contributed by atoms with Crippen LogP contribution in [0.25, 0.3) is 0 Å². The van der Waals surface area contributed by atoms with Gasteiger partial charge in [-0.2, -0.15) is 0 Å². The monoisotopic (exact) mass is 130 g/mol. The molecule has 9 heavy (non-hydrogen) atoms. The van der Waals surface area contributed by atoms with Crippen LogP contribution in [0.15, 0.2) is 0 Å². The first-order chi connectivity index (χ1) is 4.04. The van der Waals surface area contributed by atoms with Crippen molar-refractivity contribution < 1.29 is 10.3 Å². The third-order valence-electron chi connectivity index (χ3n) is 1.88. The fourth-order valence-electron chi connectivity index (χ4n) is 1.11. The van der Waals surface area contributed by atoms with Gasteiger partial charge in [-0.05, 0) is 26.7 Å². The first-order valence-electron chi connectivity index (χ1n) is 3.18. The minimum atomic E-state index is -0.764. The van der Waals surface area contributed by atoms with Crippen molar-refractivity contribution in [2.75, 3.05) is 0 Å². The summed E-state index contributed by atoms with van der Waals surface area (Å²) >= 11 is 0. The molecular weight excluding hydrogens is 118 g/mol. The molecule has 0 amide bonds. The zero-order chi connectivity index (χ0) is 7.07. The van der Waals surface area contributed by atoms with Crippen LogP contribution in [0.5, 0.6) is 0 Å². The largest absolute Gasteiger partial charge is 0.376 e. The zero-order valence-corrected chi connectivity index (χ0v) is 5.79. The Bertz CT molecular complexity index is 114. The van der Waals surface area contributed by atoms with Crippen LogP contribution < -0.4 is 0 Å². The Kier molecular flexibility index (Phi) is 1.50. The average Bonchev–Trinajstić information content (AvgIpc) is 1.97. The van der Waals surface area contributed by atoms with Crippen LogP contribution in [0.4, 0.5) is 0 Å². The number of hydrogen-bond donors (Lipinski definition) is 1. The molecule has 1 N–H and O–H groups in total. The molecule has 1 rings (SSSR count). The summed E-state index contributed by atoms with van der Waals surface area (Å²) in [5.41, 5.74) is -0.348. The molecule has 1 aliphatic heterocycles. The predicted molar refractivity (Wildman–Crippen MR) is 31.8 cm³/mol. The van der Waals surface area contributed by atoms with E-state index in [2.05, 4.69) is 0 Å². The molecule has 0 bridgehead atoms. The Hall–Kier alpha value is -0.120. The number of hydroxylamine groups is 2. The summed E-state index contributed by atoms with van der Waals surface area (Å²) in [6.45, 7) is 3.69. The maximum Gasteiger partial charge on any atom is 0.133 e. The van der Waals surface area contributed by atoms with Gasteiger partial charge in [0.05, 0.1) is 0 Å². The Morgan fingerprint density at radius 1 is 1.67 bits per heavy atom. The standard InChI is InChI=1S/C6H12NO2/c1-6(2)4-3-5(8)7(6)9/h5,8H,3-4H2,1-2H3. The number of rotatable bonds is 0. The average molecular weight is 130 g/mol. The first kappa shape index (κ1) is 6.99. The highest BCUT2D eigenvalue weighted by atomic mass is 16.5. The number of hydrogen-bond acceptors (Lipinski definition) is 2. The molecule has 0 aromatic rings. The van der Waals surface area contributed by atoms with Crippen molar-refractivity contribution in [2.45, 2.75) is 38.5 Å². The molecule has 3 heteroatoms. The lowest BCUT2D eigenvalue weighted by Crippen LogP contribution is -2.38. The van der Waals surface area contributed by atoms with Gasteiger partial charge in [0.25, 0.3) is 0 Å². The van der Waals surface area contributed by atoms with Crippen molar-refractivity contribution in [3.8, 4) is 0 Å². The Morgan fingerprint density at radius 2 is 2.22 bits per heavy atom. The van der Waals surface area contributed by atoms with Gasteiger partial charge >= 0.3 is 0 Å². The van der Waals surface area contributed by atoms with Gasteiger partial charge in [-0.3, -0.25) is 0 Å². The highest BCUT2D eigenvalue weighted by Gasteiger charge is 2.38. The molecule has 0 saturated carbocycles. The highest BCUT2D eigenvalue weighted by molar-refractivity contribution is 4.84. The number of aliphatic hydroxyl groups excluding tert-OH is 1. The summed E-state index contributed by atoms with van der Waals surface area (Å²) in [6.07, 6.45) is 0.633. The lowest BCUT2D eigenvalue weighted by molar-refractivity contribution is -0.263. The van der Waals surface area contributed by atoms with Crippen molar-refractivity contribution >= 4 is 0 Å². The quantitative estimate of drug-likeness (QED) is 0.519. The van der Waals surface area contributed by atoms with Gasteiger partial charge in [-0.1, -0.05) is 0 Å². The van der Waals surface area contributed by atoms with E-state index in [1.165, 1.54) is 0 Å². The van der Waals surface area contributed by atoms with E-state index >= 15 is 0 Å². The molecular formula is C6H12NO2. The van der Waals surface area contributed by atoms with Crippen molar-refractivity contribution in [3.05, 3.63) is 0 Å². The third kappa shape index (κ3) is 1.08. The SMILES string of the molecule is CC1(C)CCC(O)N1[O]. The molecule has 0 aromatic heterocycles. The summed E-state index contributed by atoms with van der Waals surface area (Å²) in [7, 11) is 0. The fraction of sp³-hybridized carbons (Fsp3) is 1.00. The lowest BCUT2D eigenvalue weighted by atomic mass is 10.0. The van der Waals surface area contributed by atoms with Crippen molar-refractivity contribution in [1.82, 2.24) is 5.06 Å². The predicted octanol–water partition coefficient (Wildman–Crippen LogP) is 0.525. The van der Waals surface area contributed by atoms with E-state index in [4.69, 9.17) is 5.11 Å². The van der Waals surface area contributed by atoms with E-state index in [0.29, 0.717) is 6.42 Å². The van der Waals surface area contributed by atoms with Crippen LogP contribution in [-0.4, -0.2) is 21.9 Å². The summed E-state index contributed by atoms with van der Waals surface area (Å²) in [5.74, 6) is 0. The normalized spacial score (nSPS) is 35.3. The molecule has 1 saturated heterocycles. The Labute approximate surface area is 54.9 Å². The maximum absolute atomic E-state index is 10.9. The van der Waals surface area contributed by atoms with Crippen LogP contribution in [0, 0.1) is 0 Å². The van der Waals surface area contributed by atoms with Gasteiger partial charge in [0.2, 0.25) is 0 Å². The molecule has 1 radical (unpaired) electrons. The Balaban J connectivity index is 2.62. The first-order valence-corrected chi connectivity index (χ1v) is 3.18. The minimum absolute atomic E-state index is 0.348.